The highest BCUT2D eigenvalue weighted by Gasteiger charge is 2.28. The maximum atomic E-state index is 13.0. The Balaban J connectivity index is 1.46. The van der Waals surface area contributed by atoms with Gasteiger partial charge in [-0.2, -0.15) is 0 Å². The summed E-state index contributed by atoms with van der Waals surface area (Å²) in [6.45, 7) is 0.578. The fourth-order valence-corrected chi connectivity index (χ4v) is 3.08. The molecular formula is C22H21N3O3. The van der Waals surface area contributed by atoms with Crippen LogP contribution in [-0.2, 0) is 4.79 Å². The third kappa shape index (κ3) is 4.46. The predicted octanol–water partition coefficient (Wildman–Crippen LogP) is 3.83. The van der Waals surface area contributed by atoms with Gasteiger partial charge in [-0.15, -0.1) is 0 Å². The number of anilines is 1. The van der Waals surface area contributed by atoms with E-state index in [0.29, 0.717) is 23.8 Å². The van der Waals surface area contributed by atoms with Crippen LogP contribution in [-0.4, -0.2) is 35.0 Å². The summed E-state index contributed by atoms with van der Waals surface area (Å²) in [4.78, 5) is 26.9. The summed E-state index contributed by atoms with van der Waals surface area (Å²) in [6, 6.07) is 19.1. The second-order valence-corrected chi connectivity index (χ2v) is 7.01. The van der Waals surface area contributed by atoms with Crippen molar-refractivity contribution >= 4 is 17.6 Å². The number of nitrogens with one attached hydrogen (secondary N) is 1. The Morgan fingerprint density at radius 3 is 2.36 bits per heavy atom. The van der Waals surface area contributed by atoms with Gasteiger partial charge >= 0.3 is 0 Å². The minimum Gasteiger partial charge on any atom is -0.363 e. The Morgan fingerprint density at radius 1 is 1.00 bits per heavy atom. The van der Waals surface area contributed by atoms with E-state index in [1.807, 2.05) is 54.6 Å². The average Bonchev–Trinajstić information content (AvgIpc) is 3.40. The van der Waals surface area contributed by atoms with Crippen molar-refractivity contribution in [1.82, 2.24) is 10.1 Å². The maximum Gasteiger partial charge on any atom is 0.254 e. The van der Waals surface area contributed by atoms with E-state index in [9.17, 15) is 9.59 Å². The molecule has 0 bridgehead atoms. The molecule has 1 N–H and O–H groups in total. The van der Waals surface area contributed by atoms with E-state index in [1.165, 1.54) is 6.26 Å². The SMILES string of the molecule is O=C(CN(CC1CC1)C(=O)c1ccc(-c2ccccc2)cc1)Nc1ccon1. The molecule has 1 aliphatic carbocycles. The molecule has 2 aromatic carbocycles. The highest BCUT2D eigenvalue weighted by Crippen LogP contribution is 2.30. The van der Waals surface area contributed by atoms with Crippen molar-refractivity contribution in [3.8, 4) is 11.1 Å². The van der Waals surface area contributed by atoms with Crippen molar-refractivity contribution < 1.29 is 14.1 Å². The van der Waals surface area contributed by atoms with Crippen molar-refractivity contribution in [1.29, 1.82) is 0 Å². The normalized spacial score (nSPS) is 13.1. The van der Waals surface area contributed by atoms with Crippen molar-refractivity contribution in [3.63, 3.8) is 0 Å². The standard InChI is InChI=1S/C22H21N3O3/c26-21(23-20-12-13-28-24-20)15-25(14-16-6-7-16)22(27)19-10-8-18(9-11-19)17-4-2-1-3-5-17/h1-5,8-13,16H,6-7,14-15H2,(H,23,24,26). The number of benzene rings is 2. The van der Waals surface area contributed by atoms with E-state index >= 15 is 0 Å². The maximum absolute atomic E-state index is 13.0. The van der Waals surface area contributed by atoms with Gasteiger partial charge in [-0.05, 0) is 42.0 Å². The molecule has 0 atom stereocenters. The molecule has 2 amide bonds. The molecule has 1 fully saturated rings. The average molecular weight is 375 g/mol. The van der Waals surface area contributed by atoms with Crippen LogP contribution in [0.2, 0.25) is 0 Å². The lowest BCUT2D eigenvalue weighted by Gasteiger charge is -2.22. The van der Waals surface area contributed by atoms with E-state index in [-0.39, 0.29) is 18.4 Å². The summed E-state index contributed by atoms with van der Waals surface area (Å²) in [6.07, 6.45) is 3.58. The Labute approximate surface area is 163 Å². The number of hydrogen-bond donors (Lipinski definition) is 1. The zero-order valence-electron chi connectivity index (χ0n) is 15.4. The van der Waals surface area contributed by atoms with E-state index in [1.54, 1.807) is 11.0 Å². The first-order valence-electron chi connectivity index (χ1n) is 9.34. The minimum absolute atomic E-state index is 0.0113. The zero-order chi connectivity index (χ0) is 19.3. The summed E-state index contributed by atoms with van der Waals surface area (Å²) >= 11 is 0. The second kappa shape index (κ2) is 8.08. The third-order valence-corrected chi connectivity index (χ3v) is 4.74. The Bertz CT molecular complexity index is 933. The van der Waals surface area contributed by atoms with E-state index in [4.69, 9.17) is 4.52 Å². The summed E-state index contributed by atoms with van der Waals surface area (Å²) in [5.41, 5.74) is 2.73. The molecule has 0 radical (unpaired) electrons. The highest BCUT2D eigenvalue weighted by molar-refractivity contribution is 5.99. The van der Waals surface area contributed by atoms with Crippen LogP contribution in [0.5, 0.6) is 0 Å². The van der Waals surface area contributed by atoms with Gasteiger partial charge in [0.25, 0.3) is 5.91 Å². The number of hydrogen-bond acceptors (Lipinski definition) is 4. The molecule has 28 heavy (non-hydrogen) atoms. The Kier molecular flexibility index (Phi) is 5.19. The van der Waals surface area contributed by atoms with E-state index in [0.717, 1.165) is 24.0 Å². The van der Waals surface area contributed by atoms with Gasteiger partial charge in [0.15, 0.2) is 5.82 Å². The lowest BCUT2D eigenvalue weighted by atomic mass is 10.0. The molecule has 0 aliphatic heterocycles. The van der Waals surface area contributed by atoms with Crippen LogP contribution >= 0.6 is 0 Å². The van der Waals surface area contributed by atoms with Crippen LogP contribution in [0.1, 0.15) is 23.2 Å². The summed E-state index contributed by atoms with van der Waals surface area (Å²) in [5.74, 6) is 0.397. The topological polar surface area (TPSA) is 75.4 Å². The lowest BCUT2D eigenvalue weighted by molar-refractivity contribution is -0.117. The van der Waals surface area contributed by atoms with E-state index < -0.39 is 0 Å². The first kappa shape index (κ1) is 18.0. The molecule has 3 aromatic rings. The molecule has 1 aromatic heterocycles. The zero-order valence-corrected chi connectivity index (χ0v) is 15.4. The highest BCUT2D eigenvalue weighted by atomic mass is 16.5. The number of aromatic nitrogens is 1. The quantitative estimate of drug-likeness (QED) is 0.681. The van der Waals surface area contributed by atoms with Crippen molar-refractivity contribution in [3.05, 3.63) is 72.5 Å². The molecular weight excluding hydrogens is 354 g/mol. The fourth-order valence-electron chi connectivity index (χ4n) is 3.08. The molecule has 0 unspecified atom stereocenters. The molecule has 1 saturated carbocycles. The van der Waals surface area contributed by atoms with Crippen LogP contribution in [0.25, 0.3) is 11.1 Å². The second-order valence-electron chi connectivity index (χ2n) is 7.01. The van der Waals surface area contributed by atoms with Gasteiger partial charge in [-0.3, -0.25) is 9.59 Å². The molecule has 0 saturated heterocycles. The summed E-state index contributed by atoms with van der Waals surface area (Å²) in [5, 5.41) is 6.31. The number of carbonyl (C=O) groups excluding carboxylic acids is 2. The van der Waals surface area contributed by atoms with Gasteiger partial charge in [0, 0.05) is 18.2 Å². The van der Waals surface area contributed by atoms with Crippen molar-refractivity contribution in [2.45, 2.75) is 12.8 Å². The summed E-state index contributed by atoms with van der Waals surface area (Å²) < 4.78 is 4.71. The predicted molar refractivity (Wildman–Crippen MR) is 106 cm³/mol. The van der Waals surface area contributed by atoms with Crippen molar-refractivity contribution in [2.24, 2.45) is 5.92 Å². The fraction of sp³-hybridized carbons (Fsp3) is 0.227. The van der Waals surface area contributed by atoms with Crippen LogP contribution in [0.3, 0.4) is 0 Å². The third-order valence-electron chi connectivity index (χ3n) is 4.74. The molecule has 6 nitrogen and oxygen atoms in total. The molecule has 0 spiro atoms. The monoisotopic (exact) mass is 375 g/mol. The number of nitrogens with zero attached hydrogens (tertiary/aromatic N) is 2. The Morgan fingerprint density at radius 2 is 1.71 bits per heavy atom. The Hall–Kier alpha value is -3.41. The molecule has 4 rings (SSSR count). The van der Waals surface area contributed by atoms with Gasteiger partial charge < -0.3 is 14.7 Å². The number of carbonyl (C=O) groups is 2. The largest absolute Gasteiger partial charge is 0.363 e. The first-order chi connectivity index (χ1) is 13.7. The lowest BCUT2D eigenvalue weighted by Crippen LogP contribution is -2.39. The first-order valence-corrected chi connectivity index (χ1v) is 9.34. The van der Waals surface area contributed by atoms with Gasteiger partial charge in [0.2, 0.25) is 5.91 Å². The van der Waals surface area contributed by atoms with Gasteiger partial charge in [-0.1, -0.05) is 47.6 Å². The molecule has 142 valence electrons. The number of rotatable bonds is 7. The molecule has 1 aliphatic rings. The minimum atomic E-state index is -0.288. The van der Waals surface area contributed by atoms with Crippen LogP contribution < -0.4 is 5.32 Å². The van der Waals surface area contributed by atoms with Gasteiger partial charge in [-0.25, -0.2) is 0 Å². The van der Waals surface area contributed by atoms with Gasteiger partial charge in [0.1, 0.15) is 12.8 Å². The van der Waals surface area contributed by atoms with E-state index in [2.05, 4.69) is 10.5 Å². The number of amides is 2. The van der Waals surface area contributed by atoms with Gasteiger partial charge in [0.05, 0.1) is 0 Å². The van der Waals surface area contributed by atoms with Crippen LogP contribution in [0, 0.1) is 5.92 Å². The van der Waals surface area contributed by atoms with Crippen LogP contribution in [0.4, 0.5) is 5.82 Å². The molecule has 6 heteroatoms. The summed E-state index contributed by atoms with van der Waals surface area (Å²) in [7, 11) is 0. The van der Waals surface area contributed by atoms with Crippen LogP contribution in [0.15, 0.2) is 71.4 Å². The smallest absolute Gasteiger partial charge is 0.254 e. The van der Waals surface area contributed by atoms with Crippen molar-refractivity contribution in [2.75, 3.05) is 18.4 Å². The molecule has 1 heterocycles.